The van der Waals surface area contributed by atoms with Crippen LogP contribution in [0.2, 0.25) is 10.0 Å². The Balaban J connectivity index is 1.92. The normalized spacial score (nSPS) is 11.3. The van der Waals surface area contributed by atoms with Gasteiger partial charge in [0, 0.05) is 21.8 Å². The van der Waals surface area contributed by atoms with Gasteiger partial charge < -0.3 is 9.88 Å². The number of hydrogen-bond acceptors (Lipinski definition) is 2. The summed E-state index contributed by atoms with van der Waals surface area (Å²) >= 11 is 12.2. The Kier molecular flexibility index (Phi) is 6.00. The van der Waals surface area contributed by atoms with Crippen LogP contribution in [0, 0.1) is 0 Å². The number of carbonyl (C=O) groups is 1. The zero-order valence-corrected chi connectivity index (χ0v) is 16.1. The third-order valence-electron chi connectivity index (χ3n) is 4.14. The highest BCUT2D eigenvalue weighted by Crippen LogP contribution is 2.32. The van der Waals surface area contributed by atoms with Gasteiger partial charge in [0.15, 0.2) is 0 Å². The van der Waals surface area contributed by atoms with Crippen LogP contribution in [0.4, 0.5) is 18.9 Å². The predicted molar refractivity (Wildman–Crippen MR) is 106 cm³/mol. The zero-order valence-electron chi connectivity index (χ0n) is 14.6. The number of halogens is 5. The van der Waals surface area contributed by atoms with Gasteiger partial charge in [-0.2, -0.15) is 13.2 Å². The predicted octanol–water partition coefficient (Wildman–Crippen LogP) is 5.47. The molecule has 150 valence electrons. The van der Waals surface area contributed by atoms with E-state index in [0.29, 0.717) is 15.6 Å². The smallest absolute Gasteiger partial charge is 0.317 e. The van der Waals surface area contributed by atoms with Crippen molar-refractivity contribution >= 4 is 34.8 Å². The Labute approximate surface area is 173 Å². The van der Waals surface area contributed by atoms with Crippen molar-refractivity contribution < 1.29 is 18.0 Å². The summed E-state index contributed by atoms with van der Waals surface area (Å²) in [4.78, 5) is 25.1. The minimum absolute atomic E-state index is 0.0280. The van der Waals surface area contributed by atoms with Crippen molar-refractivity contribution in [3.05, 3.63) is 97.9 Å². The van der Waals surface area contributed by atoms with Crippen LogP contribution < -0.4 is 10.9 Å². The standard InChI is InChI=1S/C20H13Cl2F3N2O2/c21-15-7-3-8-16(22)13(15)11-27-10-4-9-17(19(27)29)26-18(28)12-5-1-2-6-14(12)20(23,24)25/h1-10H,11H2,(H,26,28). The number of aromatic nitrogens is 1. The van der Waals surface area contributed by atoms with E-state index >= 15 is 0 Å². The molecule has 0 spiro atoms. The number of carbonyl (C=O) groups excluding carboxylic acids is 1. The molecule has 4 nitrogen and oxygen atoms in total. The summed E-state index contributed by atoms with van der Waals surface area (Å²) in [6.07, 6.45) is -3.24. The third-order valence-corrected chi connectivity index (χ3v) is 4.84. The van der Waals surface area contributed by atoms with Gasteiger partial charge in [-0.25, -0.2) is 0 Å². The van der Waals surface area contributed by atoms with E-state index in [2.05, 4.69) is 5.32 Å². The molecule has 0 saturated carbocycles. The monoisotopic (exact) mass is 440 g/mol. The lowest BCUT2D eigenvalue weighted by atomic mass is 10.1. The van der Waals surface area contributed by atoms with E-state index in [9.17, 15) is 22.8 Å². The van der Waals surface area contributed by atoms with Gasteiger partial charge in [-0.1, -0.05) is 41.4 Å². The van der Waals surface area contributed by atoms with Crippen LogP contribution in [-0.2, 0) is 12.7 Å². The maximum Gasteiger partial charge on any atom is 0.417 e. The van der Waals surface area contributed by atoms with Crippen molar-refractivity contribution in [1.29, 1.82) is 0 Å². The quantitative estimate of drug-likeness (QED) is 0.584. The second-order valence-corrected chi connectivity index (χ2v) is 6.87. The van der Waals surface area contributed by atoms with Crippen LogP contribution in [0.5, 0.6) is 0 Å². The van der Waals surface area contributed by atoms with Gasteiger partial charge in [0.2, 0.25) is 0 Å². The van der Waals surface area contributed by atoms with Gasteiger partial charge >= 0.3 is 6.18 Å². The SMILES string of the molecule is O=C(Nc1cccn(Cc2c(Cl)cccc2Cl)c1=O)c1ccccc1C(F)(F)F. The molecule has 0 saturated heterocycles. The molecule has 29 heavy (non-hydrogen) atoms. The van der Waals surface area contributed by atoms with Crippen LogP contribution in [-0.4, -0.2) is 10.5 Å². The number of anilines is 1. The molecule has 3 rings (SSSR count). The molecule has 1 heterocycles. The number of pyridine rings is 1. The molecule has 0 aliphatic rings. The summed E-state index contributed by atoms with van der Waals surface area (Å²) in [6, 6.07) is 12.0. The van der Waals surface area contributed by atoms with Gasteiger partial charge in [-0.3, -0.25) is 9.59 Å². The molecule has 1 N–H and O–H groups in total. The first-order valence-corrected chi connectivity index (χ1v) is 9.04. The average molecular weight is 441 g/mol. The van der Waals surface area contributed by atoms with Crippen LogP contribution in [0.25, 0.3) is 0 Å². The van der Waals surface area contributed by atoms with Gasteiger partial charge in [-0.05, 0) is 36.4 Å². The lowest BCUT2D eigenvalue weighted by Crippen LogP contribution is -2.27. The number of rotatable bonds is 4. The van der Waals surface area contributed by atoms with Gasteiger partial charge in [0.25, 0.3) is 11.5 Å². The summed E-state index contributed by atoms with van der Waals surface area (Å²) in [6.45, 7) is 0.0280. The second-order valence-electron chi connectivity index (χ2n) is 6.05. The molecule has 0 aliphatic carbocycles. The summed E-state index contributed by atoms with van der Waals surface area (Å²) in [5, 5.41) is 2.97. The molecule has 0 unspecified atom stereocenters. The summed E-state index contributed by atoms with van der Waals surface area (Å²) in [5.41, 5.74) is -1.94. The molecule has 0 bridgehead atoms. The van der Waals surface area contributed by atoms with Gasteiger partial charge in [0.1, 0.15) is 5.69 Å². The number of benzene rings is 2. The van der Waals surface area contributed by atoms with E-state index < -0.39 is 28.8 Å². The maximum atomic E-state index is 13.1. The Morgan fingerprint density at radius 1 is 0.966 bits per heavy atom. The Hall–Kier alpha value is -2.77. The molecular weight excluding hydrogens is 428 g/mol. The first-order valence-electron chi connectivity index (χ1n) is 8.28. The van der Waals surface area contributed by atoms with Crippen molar-refractivity contribution in [3.63, 3.8) is 0 Å². The molecule has 0 radical (unpaired) electrons. The van der Waals surface area contributed by atoms with E-state index in [-0.39, 0.29) is 12.2 Å². The topological polar surface area (TPSA) is 51.1 Å². The first kappa shape index (κ1) is 21.0. The van der Waals surface area contributed by atoms with E-state index in [4.69, 9.17) is 23.2 Å². The molecule has 9 heteroatoms. The fraction of sp³-hybridized carbons (Fsp3) is 0.100. The Morgan fingerprint density at radius 3 is 2.28 bits per heavy atom. The van der Waals surface area contributed by atoms with Crippen molar-refractivity contribution in [1.82, 2.24) is 4.57 Å². The molecule has 3 aromatic rings. The zero-order chi connectivity index (χ0) is 21.2. The highest BCUT2D eigenvalue weighted by molar-refractivity contribution is 6.35. The molecule has 1 amide bonds. The van der Waals surface area contributed by atoms with E-state index in [1.165, 1.54) is 35.0 Å². The Bertz CT molecular complexity index is 1110. The fourth-order valence-corrected chi connectivity index (χ4v) is 3.25. The van der Waals surface area contributed by atoms with Crippen molar-refractivity contribution in [2.75, 3.05) is 5.32 Å². The Morgan fingerprint density at radius 2 is 1.62 bits per heavy atom. The van der Waals surface area contributed by atoms with Gasteiger partial charge in [-0.15, -0.1) is 0 Å². The number of nitrogens with one attached hydrogen (secondary N) is 1. The van der Waals surface area contributed by atoms with E-state index in [1.54, 1.807) is 18.2 Å². The van der Waals surface area contributed by atoms with Crippen LogP contribution >= 0.6 is 23.2 Å². The number of hydrogen-bond donors (Lipinski definition) is 1. The highest BCUT2D eigenvalue weighted by atomic mass is 35.5. The van der Waals surface area contributed by atoms with Crippen LogP contribution in [0.1, 0.15) is 21.5 Å². The summed E-state index contributed by atoms with van der Waals surface area (Å²) in [5.74, 6) is -1.04. The molecule has 1 aromatic heterocycles. The molecule has 0 atom stereocenters. The summed E-state index contributed by atoms with van der Waals surface area (Å²) < 4.78 is 40.7. The van der Waals surface area contributed by atoms with Crippen LogP contribution in [0.15, 0.2) is 65.6 Å². The maximum absolute atomic E-state index is 13.1. The number of alkyl halides is 3. The van der Waals surface area contributed by atoms with E-state index in [1.807, 2.05) is 0 Å². The van der Waals surface area contributed by atoms with Crippen molar-refractivity contribution in [2.24, 2.45) is 0 Å². The molecule has 0 fully saturated rings. The molecule has 2 aromatic carbocycles. The highest BCUT2D eigenvalue weighted by Gasteiger charge is 2.34. The fourth-order valence-electron chi connectivity index (χ4n) is 2.73. The first-order chi connectivity index (χ1) is 13.7. The summed E-state index contributed by atoms with van der Waals surface area (Å²) in [7, 11) is 0. The van der Waals surface area contributed by atoms with Gasteiger partial charge in [0.05, 0.1) is 17.7 Å². The second kappa shape index (κ2) is 8.31. The number of amides is 1. The third kappa shape index (κ3) is 4.63. The lowest BCUT2D eigenvalue weighted by molar-refractivity contribution is -0.137. The van der Waals surface area contributed by atoms with Crippen LogP contribution in [0.3, 0.4) is 0 Å². The number of nitrogens with zero attached hydrogens (tertiary/aromatic N) is 1. The van der Waals surface area contributed by atoms with Crippen molar-refractivity contribution in [3.8, 4) is 0 Å². The largest absolute Gasteiger partial charge is 0.417 e. The lowest BCUT2D eigenvalue weighted by Gasteiger charge is -2.14. The van der Waals surface area contributed by atoms with Crippen molar-refractivity contribution in [2.45, 2.75) is 12.7 Å². The molecule has 0 aliphatic heterocycles. The minimum Gasteiger partial charge on any atom is -0.317 e. The minimum atomic E-state index is -4.70. The average Bonchev–Trinajstić information content (AvgIpc) is 2.67. The van der Waals surface area contributed by atoms with E-state index in [0.717, 1.165) is 12.1 Å². The molecular formula is C20H13Cl2F3N2O2.